The fourth-order valence-corrected chi connectivity index (χ4v) is 7.41. The molecule has 0 spiro atoms. The Morgan fingerprint density at radius 1 is 1.28 bits per heavy atom. The summed E-state index contributed by atoms with van der Waals surface area (Å²) in [7, 11) is 0. The van der Waals surface area contributed by atoms with E-state index in [0.717, 1.165) is 0 Å². The third kappa shape index (κ3) is 3.96. The topological polar surface area (TPSA) is 0 Å². The SMILES string of the molecule is CCC[C]1([Zr+2][C]2=CC=CC2)C=C(C)C=C1C.[Cl-].[Cl-]. The molecule has 2 aliphatic carbocycles. The summed E-state index contributed by atoms with van der Waals surface area (Å²) >= 11 is -0.491. The summed E-state index contributed by atoms with van der Waals surface area (Å²) in [6, 6.07) is 0. The Balaban J connectivity index is 0.00000144. The van der Waals surface area contributed by atoms with Gasteiger partial charge in [-0.1, -0.05) is 0 Å². The summed E-state index contributed by atoms with van der Waals surface area (Å²) in [6.45, 7) is 6.91. The van der Waals surface area contributed by atoms with Gasteiger partial charge in [-0.3, -0.25) is 0 Å². The normalized spacial score (nSPS) is 24.5. The zero-order valence-electron chi connectivity index (χ0n) is 11.3. The maximum atomic E-state index is 2.57. The molecule has 0 aromatic carbocycles. The van der Waals surface area contributed by atoms with E-state index in [-0.39, 0.29) is 24.8 Å². The van der Waals surface area contributed by atoms with Gasteiger partial charge < -0.3 is 24.8 Å². The fraction of sp³-hybridized carbons (Fsp3) is 0.467. The smallest absolute Gasteiger partial charge is 1.00 e. The van der Waals surface area contributed by atoms with Crippen LogP contribution in [-0.2, 0) is 23.2 Å². The van der Waals surface area contributed by atoms with Crippen LogP contribution in [0, 0.1) is 0 Å². The van der Waals surface area contributed by atoms with Crippen molar-refractivity contribution >= 4 is 0 Å². The van der Waals surface area contributed by atoms with Crippen LogP contribution in [0.4, 0.5) is 0 Å². The van der Waals surface area contributed by atoms with Crippen LogP contribution in [0.5, 0.6) is 0 Å². The molecule has 0 saturated heterocycles. The average molecular weight is 362 g/mol. The van der Waals surface area contributed by atoms with E-state index < -0.39 is 23.2 Å². The maximum absolute atomic E-state index is 2.57. The number of hydrogen-bond acceptors (Lipinski definition) is 0. The van der Waals surface area contributed by atoms with E-state index >= 15 is 0 Å². The Hall–Kier alpha value is 0.423. The number of rotatable bonds is 4. The van der Waals surface area contributed by atoms with Crippen LogP contribution >= 0.6 is 0 Å². The van der Waals surface area contributed by atoms with E-state index in [1.165, 1.54) is 24.8 Å². The van der Waals surface area contributed by atoms with E-state index in [1.54, 1.807) is 8.85 Å². The van der Waals surface area contributed by atoms with Crippen LogP contribution in [0.2, 0.25) is 3.12 Å². The first-order chi connectivity index (χ1) is 7.66. The van der Waals surface area contributed by atoms with Gasteiger partial charge in [-0.2, -0.15) is 0 Å². The molecule has 98 valence electrons. The molecule has 2 aliphatic rings. The molecule has 0 aromatic rings. The molecule has 1 atom stereocenters. The number of allylic oxidation sites excluding steroid dienone is 8. The minimum absolute atomic E-state index is 0. The Morgan fingerprint density at radius 3 is 2.44 bits per heavy atom. The Morgan fingerprint density at radius 2 is 2.00 bits per heavy atom. The van der Waals surface area contributed by atoms with Crippen molar-refractivity contribution in [3.05, 3.63) is 44.8 Å². The minimum Gasteiger partial charge on any atom is -1.00 e. The molecule has 3 heteroatoms. The van der Waals surface area contributed by atoms with Crippen molar-refractivity contribution < 1.29 is 48.0 Å². The van der Waals surface area contributed by atoms with Gasteiger partial charge in [0.1, 0.15) is 0 Å². The van der Waals surface area contributed by atoms with Crippen LogP contribution in [0.25, 0.3) is 0 Å². The van der Waals surface area contributed by atoms with E-state index in [1.807, 2.05) is 0 Å². The van der Waals surface area contributed by atoms with Crippen molar-refractivity contribution in [1.82, 2.24) is 0 Å². The van der Waals surface area contributed by atoms with Crippen molar-refractivity contribution in [3.8, 4) is 0 Å². The third-order valence-corrected chi connectivity index (χ3v) is 8.16. The molecule has 0 aliphatic heterocycles. The second-order valence-corrected chi connectivity index (χ2v) is 9.27. The van der Waals surface area contributed by atoms with Gasteiger partial charge >= 0.3 is 111 Å². The van der Waals surface area contributed by atoms with Gasteiger partial charge in [0, 0.05) is 0 Å². The zero-order chi connectivity index (χ0) is 11.6. The molecule has 0 radical (unpaired) electrons. The van der Waals surface area contributed by atoms with Gasteiger partial charge in [-0.15, -0.1) is 0 Å². The third-order valence-electron chi connectivity index (χ3n) is 3.42. The van der Waals surface area contributed by atoms with Crippen LogP contribution in [0.1, 0.15) is 40.0 Å². The van der Waals surface area contributed by atoms with Crippen molar-refractivity contribution in [2.75, 3.05) is 0 Å². The second kappa shape index (κ2) is 7.88. The molecule has 18 heavy (non-hydrogen) atoms. The maximum Gasteiger partial charge on any atom is -1.00 e. The summed E-state index contributed by atoms with van der Waals surface area (Å²) < 4.78 is 2.26. The summed E-state index contributed by atoms with van der Waals surface area (Å²) in [5.74, 6) is 0. The molecule has 1 unspecified atom stereocenters. The zero-order valence-corrected chi connectivity index (χ0v) is 15.2. The first kappa shape index (κ1) is 18.4. The Labute approximate surface area is 135 Å². The van der Waals surface area contributed by atoms with Crippen molar-refractivity contribution in [2.24, 2.45) is 0 Å². The molecule has 0 amide bonds. The van der Waals surface area contributed by atoms with E-state index in [0.29, 0.717) is 3.12 Å². The number of halogens is 2. The molecular formula is C15H20Cl2Zr. The van der Waals surface area contributed by atoms with Gasteiger partial charge in [0.25, 0.3) is 0 Å². The molecule has 0 fully saturated rings. The van der Waals surface area contributed by atoms with Crippen LogP contribution in [-0.4, -0.2) is 0 Å². The molecule has 0 heterocycles. The molecule has 2 rings (SSSR count). The van der Waals surface area contributed by atoms with E-state index in [4.69, 9.17) is 0 Å². The second-order valence-electron chi connectivity index (χ2n) is 4.89. The number of hydrogen-bond donors (Lipinski definition) is 0. The van der Waals surface area contributed by atoms with Crippen LogP contribution in [0.3, 0.4) is 0 Å². The molecule has 0 nitrogen and oxygen atoms in total. The molecular weight excluding hydrogens is 342 g/mol. The van der Waals surface area contributed by atoms with Crippen LogP contribution < -0.4 is 24.8 Å². The Bertz CT molecular complexity index is 405. The quantitative estimate of drug-likeness (QED) is 0.589. The summed E-state index contributed by atoms with van der Waals surface area (Å²) in [5.41, 5.74) is 3.12. The molecule has 0 saturated carbocycles. The van der Waals surface area contributed by atoms with Crippen molar-refractivity contribution in [2.45, 2.75) is 43.2 Å². The van der Waals surface area contributed by atoms with Gasteiger partial charge in [0.2, 0.25) is 0 Å². The van der Waals surface area contributed by atoms with Gasteiger partial charge in [-0.25, -0.2) is 0 Å². The van der Waals surface area contributed by atoms with Crippen LogP contribution in [0.15, 0.2) is 44.8 Å². The van der Waals surface area contributed by atoms with E-state index in [9.17, 15) is 0 Å². The first-order valence-electron chi connectivity index (χ1n) is 6.18. The fourth-order valence-electron chi connectivity index (χ4n) is 2.70. The van der Waals surface area contributed by atoms with Crippen molar-refractivity contribution in [1.29, 1.82) is 0 Å². The average Bonchev–Trinajstić information content (AvgIpc) is 2.77. The van der Waals surface area contributed by atoms with Gasteiger partial charge in [0.15, 0.2) is 0 Å². The Kier molecular flexibility index (Phi) is 8.06. The predicted octanol–water partition coefficient (Wildman–Crippen LogP) is -1.21. The summed E-state index contributed by atoms with van der Waals surface area (Å²) in [4.78, 5) is 0. The first-order valence-corrected chi connectivity index (χ1v) is 8.64. The monoisotopic (exact) mass is 360 g/mol. The summed E-state index contributed by atoms with van der Waals surface area (Å²) in [5, 5.41) is 0. The molecule has 0 N–H and O–H groups in total. The largest absolute Gasteiger partial charge is 1.00 e. The van der Waals surface area contributed by atoms with E-state index in [2.05, 4.69) is 51.2 Å². The minimum atomic E-state index is -0.491. The van der Waals surface area contributed by atoms with Gasteiger partial charge in [0.05, 0.1) is 0 Å². The van der Waals surface area contributed by atoms with Gasteiger partial charge in [-0.05, 0) is 0 Å². The molecule has 0 bridgehead atoms. The van der Waals surface area contributed by atoms with Crippen molar-refractivity contribution in [3.63, 3.8) is 0 Å². The standard InChI is InChI=1S/C10H15.C5H5.2ClH.Zr/c1-4-5-10-7-8(2)6-9(10)3;1-2-4-5-3-1;;;/h6-7H,4-5H2,1-3H3;1-3H,4H2;2*1H;/q;;;;+2/p-2. The molecule has 0 aromatic heterocycles. The predicted molar refractivity (Wildman–Crippen MR) is 67.0 cm³/mol. The summed E-state index contributed by atoms with van der Waals surface area (Å²) in [6.07, 6.45) is 15.8.